The Morgan fingerprint density at radius 1 is 1.06 bits per heavy atom. The lowest BCUT2D eigenvalue weighted by Gasteiger charge is -2.25. The van der Waals surface area contributed by atoms with Gasteiger partial charge in [-0.2, -0.15) is 0 Å². The summed E-state index contributed by atoms with van der Waals surface area (Å²) in [5.74, 6) is -0.693. The first kappa shape index (κ1) is 22.2. The van der Waals surface area contributed by atoms with Crippen molar-refractivity contribution in [2.75, 3.05) is 18.1 Å². The van der Waals surface area contributed by atoms with Crippen LogP contribution in [0.5, 0.6) is 11.5 Å². The van der Waals surface area contributed by atoms with E-state index in [1.165, 1.54) is 16.2 Å². The van der Waals surface area contributed by atoms with Crippen molar-refractivity contribution in [3.63, 3.8) is 0 Å². The molecule has 0 unspecified atom stereocenters. The summed E-state index contributed by atoms with van der Waals surface area (Å²) in [6.07, 6.45) is 1.58. The minimum absolute atomic E-state index is 0.0142. The lowest BCUT2D eigenvalue weighted by molar-refractivity contribution is -0.132. The summed E-state index contributed by atoms with van der Waals surface area (Å²) in [4.78, 5) is 32.0. The second-order valence-corrected chi connectivity index (χ2v) is 10.1. The monoisotopic (exact) mass is 476 g/mol. The number of thiazole rings is 1. The normalized spacial score (nSPS) is 19.5. The maximum absolute atomic E-state index is 13.2. The molecule has 0 aliphatic carbocycles. The van der Waals surface area contributed by atoms with Crippen LogP contribution in [0.15, 0.2) is 59.6 Å². The molecule has 1 amide bonds. The molecule has 1 fully saturated rings. The highest BCUT2D eigenvalue weighted by Crippen LogP contribution is 2.44. The molecule has 7 nitrogen and oxygen atoms in total. The molecular weight excluding hydrogens is 452 g/mol. The van der Waals surface area contributed by atoms with Crippen molar-refractivity contribution in [2.24, 2.45) is 0 Å². The lowest BCUT2D eigenvalue weighted by Crippen LogP contribution is -2.29. The molecule has 3 heterocycles. The highest BCUT2D eigenvalue weighted by Gasteiger charge is 2.48. The molecule has 2 aromatic carbocycles. The maximum atomic E-state index is 13.2. The van der Waals surface area contributed by atoms with Crippen molar-refractivity contribution in [1.29, 1.82) is 0 Å². The van der Waals surface area contributed by atoms with Crippen molar-refractivity contribution in [1.82, 2.24) is 4.98 Å². The summed E-state index contributed by atoms with van der Waals surface area (Å²) < 4.78 is 11.2. The maximum Gasteiger partial charge on any atom is 0.301 e. The van der Waals surface area contributed by atoms with E-state index in [-0.39, 0.29) is 16.7 Å². The van der Waals surface area contributed by atoms with Gasteiger partial charge in [-0.1, -0.05) is 45.0 Å². The minimum atomic E-state index is -0.812. The number of aliphatic hydroxyl groups is 1. The zero-order chi connectivity index (χ0) is 24.0. The number of aromatic nitrogens is 1. The van der Waals surface area contributed by atoms with Crippen LogP contribution in [0.25, 0.3) is 5.76 Å². The molecule has 0 bridgehead atoms. The van der Waals surface area contributed by atoms with Gasteiger partial charge in [0.15, 0.2) is 16.6 Å². The first-order valence-corrected chi connectivity index (χ1v) is 11.8. The molecule has 1 atom stereocenters. The Balaban J connectivity index is 1.66. The first-order chi connectivity index (χ1) is 16.3. The number of Topliss-reactive ketones (excluding diaryl/α,β-unsaturated/α-hetero) is 1. The molecular formula is C26H24N2O5S. The highest BCUT2D eigenvalue weighted by atomic mass is 32.1. The third-order valence-electron chi connectivity index (χ3n) is 5.98. The van der Waals surface area contributed by atoms with Crippen LogP contribution in [0.2, 0.25) is 0 Å². The second kappa shape index (κ2) is 8.29. The Hall–Kier alpha value is -3.65. The van der Waals surface area contributed by atoms with E-state index >= 15 is 0 Å². The van der Waals surface area contributed by atoms with Crippen LogP contribution in [0, 0.1) is 0 Å². The van der Waals surface area contributed by atoms with Gasteiger partial charge in [0, 0.05) is 17.1 Å². The molecule has 0 radical (unpaired) electrons. The van der Waals surface area contributed by atoms with Crippen LogP contribution in [0.3, 0.4) is 0 Å². The van der Waals surface area contributed by atoms with Crippen LogP contribution >= 0.6 is 11.3 Å². The fourth-order valence-electron chi connectivity index (χ4n) is 4.19. The summed E-state index contributed by atoms with van der Waals surface area (Å²) >= 11 is 1.26. The standard InChI is InChI=1S/C26H24N2O5S/c1-26(2,3)17-7-4-15(5-8-17)21-20(23(30)24(31)28(21)25-27-10-13-34-25)22(29)16-6-9-18-19(14-16)33-12-11-32-18/h4-10,13-14,21,29H,11-12H2,1-3H3/b22-20+/t21-/m1/s1. The van der Waals surface area contributed by atoms with E-state index in [4.69, 9.17) is 9.47 Å². The molecule has 2 aliphatic heterocycles. The lowest BCUT2D eigenvalue weighted by atomic mass is 9.85. The van der Waals surface area contributed by atoms with Crippen molar-refractivity contribution < 1.29 is 24.2 Å². The molecule has 1 aromatic heterocycles. The number of aliphatic hydroxyl groups excluding tert-OH is 1. The summed E-state index contributed by atoms with van der Waals surface area (Å²) in [5, 5.41) is 13.4. The van der Waals surface area contributed by atoms with Crippen molar-refractivity contribution in [2.45, 2.75) is 32.2 Å². The van der Waals surface area contributed by atoms with Crippen LogP contribution in [0.1, 0.15) is 43.5 Å². The number of amides is 1. The summed E-state index contributed by atoms with van der Waals surface area (Å²) in [5.41, 5.74) is 2.16. The Morgan fingerprint density at radius 2 is 1.76 bits per heavy atom. The number of ether oxygens (including phenoxy) is 2. The van der Waals surface area contributed by atoms with Gasteiger partial charge in [0.05, 0.1) is 11.6 Å². The van der Waals surface area contributed by atoms with E-state index in [1.807, 2.05) is 24.3 Å². The van der Waals surface area contributed by atoms with Gasteiger partial charge in [-0.15, -0.1) is 11.3 Å². The number of ketones is 1. The van der Waals surface area contributed by atoms with E-state index in [0.717, 1.165) is 5.56 Å². The predicted octanol–water partition coefficient (Wildman–Crippen LogP) is 4.84. The van der Waals surface area contributed by atoms with Gasteiger partial charge in [0.1, 0.15) is 19.0 Å². The van der Waals surface area contributed by atoms with Gasteiger partial charge in [0.25, 0.3) is 5.78 Å². The van der Waals surface area contributed by atoms with Gasteiger partial charge < -0.3 is 14.6 Å². The average Bonchev–Trinajstić information content (AvgIpc) is 3.44. The van der Waals surface area contributed by atoms with E-state index in [2.05, 4.69) is 25.8 Å². The Bertz CT molecular complexity index is 1290. The van der Waals surface area contributed by atoms with E-state index in [1.54, 1.807) is 29.8 Å². The Kier molecular flexibility index (Phi) is 5.40. The smallest absolute Gasteiger partial charge is 0.301 e. The molecule has 5 rings (SSSR count). The van der Waals surface area contributed by atoms with Crippen LogP contribution in [0.4, 0.5) is 5.13 Å². The largest absolute Gasteiger partial charge is 0.507 e. The average molecular weight is 477 g/mol. The molecule has 1 saturated heterocycles. The molecule has 2 aliphatic rings. The molecule has 0 saturated carbocycles. The molecule has 8 heteroatoms. The fraction of sp³-hybridized carbons (Fsp3) is 0.269. The second-order valence-electron chi connectivity index (χ2n) is 9.21. The number of fused-ring (bicyclic) bond motifs is 1. The van der Waals surface area contributed by atoms with Crippen molar-refractivity contribution >= 4 is 33.9 Å². The fourth-order valence-corrected chi connectivity index (χ4v) is 4.86. The Labute approximate surface area is 201 Å². The zero-order valence-corrected chi connectivity index (χ0v) is 19.9. The van der Waals surface area contributed by atoms with E-state index < -0.39 is 17.7 Å². The number of rotatable bonds is 3. The van der Waals surface area contributed by atoms with Gasteiger partial charge in [-0.05, 0) is 34.7 Å². The summed E-state index contributed by atoms with van der Waals surface area (Å²) in [6.45, 7) is 7.19. The molecule has 3 aromatic rings. The number of hydrogen-bond donors (Lipinski definition) is 1. The predicted molar refractivity (Wildman–Crippen MR) is 129 cm³/mol. The molecule has 0 spiro atoms. The third-order valence-corrected chi connectivity index (χ3v) is 6.75. The zero-order valence-electron chi connectivity index (χ0n) is 19.1. The molecule has 34 heavy (non-hydrogen) atoms. The number of hydrogen-bond acceptors (Lipinski definition) is 7. The van der Waals surface area contributed by atoms with Gasteiger partial charge in [0.2, 0.25) is 0 Å². The molecule has 1 N–H and O–H groups in total. The third kappa shape index (κ3) is 3.74. The van der Waals surface area contributed by atoms with Crippen molar-refractivity contribution in [3.05, 3.63) is 76.3 Å². The van der Waals surface area contributed by atoms with Crippen LogP contribution in [-0.4, -0.2) is 35.0 Å². The topological polar surface area (TPSA) is 89.0 Å². The Morgan fingerprint density at radius 3 is 2.41 bits per heavy atom. The SMILES string of the molecule is CC(C)(C)c1ccc([C@@H]2/C(=C(\O)c3ccc4c(c3)OCCO4)C(=O)C(=O)N2c2nccs2)cc1. The van der Waals surface area contributed by atoms with E-state index in [9.17, 15) is 14.7 Å². The number of carbonyl (C=O) groups excluding carboxylic acids is 2. The quantitative estimate of drug-likeness (QED) is 0.331. The first-order valence-electron chi connectivity index (χ1n) is 11.0. The highest BCUT2D eigenvalue weighted by molar-refractivity contribution is 7.14. The summed E-state index contributed by atoms with van der Waals surface area (Å²) in [7, 11) is 0. The number of carbonyl (C=O) groups is 2. The molecule has 174 valence electrons. The van der Waals surface area contributed by atoms with E-state index in [0.29, 0.717) is 41.0 Å². The number of anilines is 1. The van der Waals surface area contributed by atoms with Gasteiger partial charge in [-0.25, -0.2) is 4.98 Å². The van der Waals surface area contributed by atoms with Crippen LogP contribution < -0.4 is 14.4 Å². The van der Waals surface area contributed by atoms with Gasteiger partial charge in [-0.3, -0.25) is 14.5 Å². The number of nitrogens with zero attached hydrogens (tertiary/aromatic N) is 2. The number of benzene rings is 2. The van der Waals surface area contributed by atoms with Gasteiger partial charge >= 0.3 is 5.91 Å². The van der Waals surface area contributed by atoms with Crippen LogP contribution in [-0.2, 0) is 15.0 Å². The minimum Gasteiger partial charge on any atom is -0.507 e. The summed E-state index contributed by atoms with van der Waals surface area (Å²) in [6, 6.07) is 11.9. The van der Waals surface area contributed by atoms with Crippen molar-refractivity contribution in [3.8, 4) is 11.5 Å².